The fourth-order valence-corrected chi connectivity index (χ4v) is 6.16. The minimum absolute atomic E-state index is 0.0786. The molecule has 3 aromatic carbocycles. The molecule has 0 aromatic heterocycles. The third kappa shape index (κ3) is 8.09. The number of halogens is 1. The van der Waals surface area contributed by atoms with Crippen LogP contribution in [-0.4, -0.2) is 61.1 Å². The van der Waals surface area contributed by atoms with Gasteiger partial charge in [-0.1, -0.05) is 67.1 Å². The van der Waals surface area contributed by atoms with Crippen molar-refractivity contribution in [1.29, 1.82) is 0 Å². The summed E-state index contributed by atoms with van der Waals surface area (Å²) in [6, 6.07) is 24.7. The lowest BCUT2D eigenvalue weighted by Crippen LogP contribution is -2.37. The number of hydrogen-bond acceptors (Lipinski definition) is 4. The predicted molar refractivity (Wildman–Crippen MR) is 164 cm³/mol. The molecule has 2 heterocycles. The Bertz CT molecular complexity index is 1240. The molecule has 212 valence electrons. The quantitative estimate of drug-likeness (QED) is 0.274. The number of likely N-dealkylation sites (tertiary alicyclic amines) is 2. The van der Waals surface area contributed by atoms with Crippen molar-refractivity contribution < 1.29 is 9.53 Å². The van der Waals surface area contributed by atoms with E-state index < -0.39 is 0 Å². The van der Waals surface area contributed by atoms with E-state index in [0.29, 0.717) is 22.9 Å². The molecule has 1 atom stereocenters. The molecule has 0 aliphatic carbocycles. The number of nitrogens with one attached hydrogen (secondary N) is 1. The van der Waals surface area contributed by atoms with Crippen LogP contribution < -0.4 is 10.1 Å². The Morgan fingerprint density at radius 3 is 2.50 bits per heavy atom. The van der Waals surface area contributed by atoms with Gasteiger partial charge in [0.05, 0.1) is 5.02 Å². The second-order valence-corrected chi connectivity index (χ2v) is 11.9. The van der Waals surface area contributed by atoms with Gasteiger partial charge in [-0.2, -0.15) is 0 Å². The lowest BCUT2D eigenvalue weighted by molar-refractivity contribution is 0.0947. The second kappa shape index (κ2) is 14.2. The average molecular weight is 560 g/mol. The fourth-order valence-electron chi connectivity index (χ4n) is 5.94. The van der Waals surface area contributed by atoms with Crippen LogP contribution in [0.1, 0.15) is 54.9 Å². The molecule has 2 aliphatic rings. The molecular weight excluding hydrogens is 518 g/mol. The van der Waals surface area contributed by atoms with Gasteiger partial charge in [0, 0.05) is 38.3 Å². The molecule has 5 rings (SSSR count). The van der Waals surface area contributed by atoms with E-state index in [1.165, 1.54) is 42.6 Å². The third-order valence-electron chi connectivity index (χ3n) is 8.14. The number of amides is 1. The second-order valence-electron chi connectivity index (χ2n) is 11.5. The molecule has 1 amide bonds. The highest BCUT2D eigenvalue weighted by Gasteiger charge is 2.22. The standard InChI is InChI=1S/C34H42ClN3O2/c1-26-8-6-18-37(24-26)19-7-17-36-34(39)30-13-14-33(32(35)23-30)40-31-15-20-38(21-16-31)25-27-9-5-12-29(22-27)28-10-3-2-4-11-28/h2-5,9-14,22-23,26,31H,6-8,15-21,24-25H2,1H3,(H,36,39). The highest BCUT2D eigenvalue weighted by Crippen LogP contribution is 2.29. The molecule has 0 bridgehead atoms. The van der Waals surface area contributed by atoms with Gasteiger partial charge in [0.25, 0.3) is 5.91 Å². The molecule has 2 fully saturated rings. The first-order valence-corrected chi connectivity index (χ1v) is 15.2. The maximum Gasteiger partial charge on any atom is 0.251 e. The zero-order chi connectivity index (χ0) is 27.7. The van der Waals surface area contributed by atoms with Crippen LogP contribution in [-0.2, 0) is 6.54 Å². The molecular formula is C34H42ClN3O2. The third-order valence-corrected chi connectivity index (χ3v) is 8.44. The van der Waals surface area contributed by atoms with Crippen molar-refractivity contribution in [2.75, 3.05) is 39.3 Å². The van der Waals surface area contributed by atoms with Gasteiger partial charge in [0.15, 0.2) is 0 Å². The number of hydrogen-bond donors (Lipinski definition) is 1. The van der Waals surface area contributed by atoms with Gasteiger partial charge in [-0.3, -0.25) is 9.69 Å². The lowest BCUT2D eigenvalue weighted by Gasteiger charge is -2.32. The Morgan fingerprint density at radius 2 is 1.73 bits per heavy atom. The zero-order valence-corrected chi connectivity index (χ0v) is 24.4. The Morgan fingerprint density at radius 1 is 0.925 bits per heavy atom. The number of carbonyl (C=O) groups excluding carboxylic acids is 1. The first kappa shape index (κ1) is 28.7. The van der Waals surface area contributed by atoms with Gasteiger partial charge >= 0.3 is 0 Å². The molecule has 3 aromatic rings. The maximum absolute atomic E-state index is 12.7. The molecule has 40 heavy (non-hydrogen) atoms. The number of benzene rings is 3. The molecule has 5 nitrogen and oxygen atoms in total. The maximum atomic E-state index is 12.7. The lowest BCUT2D eigenvalue weighted by atomic mass is 10.0. The van der Waals surface area contributed by atoms with Gasteiger partial charge in [-0.15, -0.1) is 0 Å². The molecule has 0 radical (unpaired) electrons. The van der Waals surface area contributed by atoms with Crippen molar-refractivity contribution in [2.45, 2.75) is 51.7 Å². The highest BCUT2D eigenvalue weighted by atomic mass is 35.5. The van der Waals surface area contributed by atoms with Crippen LogP contribution in [0.25, 0.3) is 11.1 Å². The summed E-state index contributed by atoms with van der Waals surface area (Å²) in [5, 5.41) is 3.54. The molecule has 2 saturated heterocycles. The van der Waals surface area contributed by atoms with Gasteiger partial charge in [0.2, 0.25) is 0 Å². The first-order chi connectivity index (χ1) is 19.5. The largest absolute Gasteiger partial charge is 0.489 e. The van der Waals surface area contributed by atoms with Gasteiger partial charge < -0.3 is 15.0 Å². The topological polar surface area (TPSA) is 44.8 Å². The summed E-state index contributed by atoms with van der Waals surface area (Å²) in [6.45, 7) is 9.29. The highest BCUT2D eigenvalue weighted by molar-refractivity contribution is 6.32. The minimum Gasteiger partial charge on any atom is -0.489 e. The molecule has 2 aliphatic heterocycles. The Hall–Kier alpha value is -2.86. The molecule has 0 saturated carbocycles. The summed E-state index contributed by atoms with van der Waals surface area (Å²) >= 11 is 6.55. The van der Waals surface area contributed by atoms with E-state index in [1.807, 2.05) is 12.1 Å². The predicted octanol–water partition coefficient (Wildman–Crippen LogP) is 6.90. The van der Waals surface area contributed by atoms with E-state index in [9.17, 15) is 4.79 Å². The van der Waals surface area contributed by atoms with Crippen molar-refractivity contribution >= 4 is 17.5 Å². The average Bonchev–Trinajstić information content (AvgIpc) is 2.98. The Labute approximate surface area is 244 Å². The summed E-state index contributed by atoms with van der Waals surface area (Å²) in [5.41, 5.74) is 4.42. The molecule has 1 unspecified atom stereocenters. The SMILES string of the molecule is CC1CCCN(CCCNC(=O)c2ccc(OC3CCN(Cc4cccc(-c5ccccc5)c4)CC3)c(Cl)c2)C1. The Balaban J connectivity index is 1.05. The first-order valence-electron chi connectivity index (χ1n) is 14.9. The molecule has 1 N–H and O–H groups in total. The number of rotatable bonds is 10. The normalized spacial score (nSPS) is 18.9. The van der Waals surface area contributed by atoms with Crippen molar-refractivity contribution in [1.82, 2.24) is 15.1 Å². The van der Waals surface area contributed by atoms with E-state index in [2.05, 4.69) is 76.6 Å². The van der Waals surface area contributed by atoms with E-state index in [0.717, 1.165) is 51.4 Å². The van der Waals surface area contributed by atoms with Crippen LogP contribution in [0.5, 0.6) is 5.75 Å². The van der Waals surface area contributed by atoms with Gasteiger partial charge in [-0.25, -0.2) is 0 Å². The van der Waals surface area contributed by atoms with Crippen molar-refractivity contribution in [3.63, 3.8) is 0 Å². The summed E-state index contributed by atoms with van der Waals surface area (Å²) in [7, 11) is 0. The number of nitrogens with zero attached hydrogens (tertiary/aromatic N) is 2. The van der Waals surface area contributed by atoms with Crippen LogP contribution in [0.2, 0.25) is 5.02 Å². The molecule has 0 spiro atoms. The Kier molecular flexibility index (Phi) is 10.1. The number of ether oxygens (including phenoxy) is 1. The summed E-state index contributed by atoms with van der Waals surface area (Å²) < 4.78 is 6.27. The summed E-state index contributed by atoms with van der Waals surface area (Å²) in [5.74, 6) is 1.36. The summed E-state index contributed by atoms with van der Waals surface area (Å²) in [4.78, 5) is 17.7. The number of piperidine rings is 2. The minimum atomic E-state index is -0.0786. The zero-order valence-electron chi connectivity index (χ0n) is 23.7. The number of carbonyl (C=O) groups is 1. The smallest absolute Gasteiger partial charge is 0.251 e. The van der Waals surface area contributed by atoms with Crippen LogP contribution in [0.4, 0.5) is 0 Å². The van der Waals surface area contributed by atoms with Crippen molar-refractivity contribution in [2.24, 2.45) is 5.92 Å². The van der Waals surface area contributed by atoms with Crippen LogP contribution in [0.3, 0.4) is 0 Å². The van der Waals surface area contributed by atoms with Gasteiger partial charge in [-0.05, 0) is 92.1 Å². The van der Waals surface area contributed by atoms with Crippen molar-refractivity contribution in [3.05, 3.63) is 88.9 Å². The van der Waals surface area contributed by atoms with Crippen LogP contribution >= 0.6 is 11.6 Å². The van der Waals surface area contributed by atoms with Crippen molar-refractivity contribution in [3.8, 4) is 16.9 Å². The van der Waals surface area contributed by atoms with E-state index >= 15 is 0 Å². The summed E-state index contributed by atoms with van der Waals surface area (Å²) in [6.07, 6.45) is 5.60. The van der Waals surface area contributed by atoms with Gasteiger partial charge in [0.1, 0.15) is 11.9 Å². The fraction of sp³-hybridized carbons (Fsp3) is 0.441. The van der Waals surface area contributed by atoms with E-state index in [4.69, 9.17) is 16.3 Å². The van der Waals surface area contributed by atoms with E-state index in [1.54, 1.807) is 6.07 Å². The van der Waals surface area contributed by atoms with Crippen LogP contribution in [0.15, 0.2) is 72.8 Å². The van der Waals surface area contributed by atoms with E-state index in [-0.39, 0.29) is 12.0 Å². The monoisotopic (exact) mass is 559 g/mol. The molecule has 6 heteroatoms. The van der Waals surface area contributed by atoms with Crippen LogP contribution in [0, 0.1) is 5.92 Å².